The first-order valence-electron chi connectivity index (χ1n) is 9.51. The molecule has 0 aliphatic carbocycles. The number of rotatable bonds is 8. The molecule has 0 atom stereocenters. The molecule has 2 aromatic rings. The van der Waals surface area contributed by atoms with Gasteiger partial charge in [-0.15, -0.1) is 0 Å². The van der Waals surface area contributed by atoms with E-state index in [1.165, 1.54) is 12.1 Å². The summed E-state index contributed by atoms with van der Waals surface area (Å²) in [6.45, 7) is 2.91. The molecule has 2 rings (SSSR count). The highest BCUT2D eigenvalue weighted by Crippen LogP contribution is 2.36. The predicted molar refractivity (Wildman–Crippen MR) is 117 cm³/mol. The summed E-state index contributed by atoms with van der Waals surface area (Å²) in [4.78, 5) is 26.0. The van der Waals surface area contributed by atoms with Crippen molar-refractivity contribution in [2.75, 3.05) is 23.8 Å². The summed E-state index contributed by atoms with van der Waals surface area (Å²) in [5.74, 6) is -3.35. The van der Waals surface area contributed by atoms with E-state index in [9.17, 15) is 18.4 Å². The summed E-state index contributed by atoms with van der Waals surface area (Å²) in [5, 5.41) is 4.91. The van der Waals surface area contributed by atoms with Gasteiger partial charge in [-0.05, 0) is 30.7 Å². The number of benzene rings is 2. The SMILES string of the molecule is CCCCCCN(C)c1c(Cl)cc(NC(=O)NC(=O)c2c(F)cccc2F)cc1Cl. The number of carbonyl (C=O) groups is 2. The number of carbonyl (C=O) groups excluding carboxylic acids is 2. The van der Waals surface area contributed by atoms with Crippen LogP contribution in [-0.2, 0) is 0 Å². The molecule has 0 saturated carbocycles. The van der Waals surface area contributed by atoms with Crippen LogP contribution < -0.4 is 15.5 Å². The molecule has 3 amide bonds. The van der Waals surface area contributed by atoms with Crippen LogP contribution in [0.3, 0.4) is 0 Å². The molecule has 0 fully saturated rings. The Morgan fingerprint density at radius 3 is 2.20 bits per heavy atom. The largest absolute Gasteiger partial charge is 0.372 e. The normalized spacial score (nSPS) is 10.6. The van der Waals surface area contributed by atoms with E-state index in [4.69, 9.17) is 23.2 Å². The Morgan fingerprint density at radius 1 is 1.03 bits per heavy atom. The number of unbranched alkanes of at least 4 members (excludes halogenated alkanes) is 3. The highest BCUT2D eigenvalue weighted by atomic mass is 35.5. The second-order valence-electron chi connectivity index (χ2n) is 6.78. The van der Waals surface area contributed by atoms with E-state index in [1.54, 1.807) is 0 Å². The van der Waals surface area contributed by atoms with Crippen LogP contribution >= 0.6 is 23.2 Å². The summed E-state index contributed by atoms with van der Waals surface area (Å²) in [6, 6.07) is 4.96. The average molecular weight is 458 g/mol. The number of imide groups is 1. The van der Waals surface area contributed by atoms with Gasteiger partial charge in [0.15, 0.2) is 0 Å². The number of amides is 3. The number of nitrogens with one attached hydrogen (secondary N) is 2. The van der Waals surface area contributed by atoms with Gasteiger partial charge < -0.3 is 10.2 Å². The standard InChI is InChI=1S/C21H23Cl2F2N3O2/c1-3-4-5-6-10-28(2)19-14(22)11-13(12-15(19)23)26-21(30)27-20(29)18-16(24)8-7-9-17(18)25/h7-9,11-12H,3-6,10H2,1-2H3,(H2,26,27,29,30). The molecular weight excluding hydrogens is 435 g/mol. The van der Waals surface area contributed by atoms with E-state index in [1.807, 2.05) is 17.3 Å². The zero-order chi connectivity index (χ0) is 22.3. The van der Waals surface area contributed by atoms with Gasteiger partial charge in [0.1, 0.15) is 17.2 Å². The molecule has 0 bridgehead atoms. The van der Waals surface area contributed by atoms with Crippen molar-refractivity contribution in [3.63, 3.8) is 0 Å². The molecule has 5 nitrogen and oxygen atoms in total. The van der Waals surface area contributed by atoms with E-state index >= 15 is 0 Å². The Labute approximate surface area is 184 Å². The number of hydrogen-bond acceptors (Lipinski definition) is 3. The lowest BCUT2D eigenvalue weighted by molar-refractivity contribution is 0.0959. The minimum absolute atomic E-state index is 0.229. The fourth-order valence-corrected chi connectivity index (χ4v) is 3.71. The first kappa shape index (κ1) is 23.9. The van der Waals surface area contributed by atoms with Gasteiger partial charge in [0.2, 0.25) is 0 Å². The van der Waals surface area contributed by atoms with Crippen molar-refractivity contribution in [1.29, 1.82) is 0 Å². The second-order valence-corrected chi connectivity index (χ2v) is 7.59. The lowest BCUT2D eigenvalue weighted by atomic mass is 10.2. The minimum Gasteiger partial charge on any atom is -0.372 e. The maximum Gasteiger partial charge on any atom is 0.326 e. The van der Waals surface area contributed by atoms with Gasteiger partial charge in [0.25, 0.3) is 5.91 Å². The van der Waals surface area contributed by atoms with Crippen molar-refractivity contribution in [3.8, 4) is 0 Å². The molecular formula is C21H23Cl2F2N3O2. The van der Waals surface area contributed by atoms with Crippen LogP contribution in [0.15, 0.2) is 30.3 Å². The number of nitrogens with zero attached hydrogens (tertiary/aromatic N) is 1. The van der Waals surface area contributed by atoms with E-state index in [-0.39, 0.29) is 5.69 Å². The van der Waals surface area contributed by atoms with Gasteiger partial charge in [0.05, 0.1) is 15.7 Å². The predicted octanol–water partition coefficient (Wildman–Crippen LogP) is 6.25. The topological polar surface area (TPSA) is 61.4 Å². The molecule has 0 aromatic heterocycles. The second kappa shape index (κ2) is 11.1. The van der Waals surface area contributed by atoms with Gasteiger partial charge in [0, 0.05) is 19.3 Å². The first-order valence-corrected chi connectivity index (χ1v) is 10.3. The van der Waals surface area contributed by atoms with Crippen LogP contribution in [0.25, 0.3) is 0 Å². The van der Waals surface area contributed by atoms with Gasteiger partial charge in [-0.2, -0.15) is 0 Å². The van der Waals surface area contributed by atoms with Crippen LogP contribution in [0.2, 0.25) is 10.0 Å². The highest BCUT2D eigenvalue weighted by molar-refractivity contribution is 6.39. The Bertz CT molecular complexity index is 882. The molecule has 2 aromatic carbocycles. The number of anilines is 2. The van der Waals surface area contributed by atoms with Gasteiger partial charge in [-0.25, -0.2) is 13.6 Å². The fraction of sp³-hybridized carbons (Fsp3) is 0.333. The van der Waals surface area contributed by atoms with E-state index in [0.29, 0.717) is 15.7 Å². The van der Waals surface area contributed by atoms with Crippen molar-refractivity contribution in [2.24, 2.45) is 0 Å². The van der Waals surface area contributed by atoms with Gasteiger partial charge >= 0.3 is 6.03 Å². The average Bonchev–Trinajstić information content (AvgIpc) is 2.64. The van der Waals surface area contributed by atoms with Crippen LogP contribution in [0.4, 0.5) is 25.0 Å². The zero-order valence-corrected chi connectivity index (χ0v) is 18.2. The summed E-state index contributed by atoms with van der Waals surface area (Å²) < 4.78 is 27.3. The summed E-state index contributed by atoms with van der Waals surface area (Å²) in [7, 11) is 1.88. The van der Waals surface area contributed by atoms with Crippen LogP contribution in [0, 0.1) is 11.6 Å². The summed E-state index contributed by atoms with van der Waals surface area (Å²) in [6.07, 6.45) is 4.39. The van der Waals surface area contributed by atoms with Crippen molar-refractivity contribution < 1.29 is 18.4 Å². The Morgan fingerprint density at radius 2 is 1.63 bits per heavy atom. The molecule has 2 N–H and O–H groups in total. The molecule has 9 heteroatoms. The van der Waals surface area contributed by atoms with Crippen molar-refractivity contribution in [3.05, 3.63) is 57.6 Å². The Balaban J connectivity index is 2.05. The summed E-state index contributed by atoms with van der Waals surface area (Å²) >= 11 is 12.7. The first-order chi connectivity index (χ1) is 14.2. The maximum absolute atomic E-state index is 13.7. The van der Waals surface area contributed by atoms with E-state index in [0.717, 1.165) is 50.4 Å². The van der Waals surface area contributed by atoms with Crippen LogP contribution in [-0.4, -0.2) is 25.5 Å². The van der Waals surface area contributed by atoms with E-state index in [2.05, 4.69) is 12.2 Å². The number of halogens is 4. The summed E-state index contributed by atoms with van der Waals surface area (Å²) in [5.41, 5.74) is 0.0153. The van der Waals surface area contributed by atoms with Gasteiger partial charge in [-0.3, -0.25) is 10.1 Å². The number of urea groups is 1. The zero-order valence-electron chi connectivity index (χ0n) is 16.7. The lowest BCUT2D eigenvalue weighted by Crippen LogP contribution is -2.35. The Hall–Kier alpha value is -2.38. The lowest BCUT2D eigenvalue weighted by Gasteiger charge is -2.22. The highest BCUT2D eigenvalue weighted by Gasteiger charge is 2.20. The van der Waals surface area contributed by atoms with E-state index < -0.39 is 29.1 Å². The third-order valence-corrected chi connectivity index (χ3v) is 5.00. The van der Waals surface area contributed by atoms with Crippen LogP contribution in [0.1, 0.15) is 43.0 Å². The molecule has 0 radical (unpaired) electrons. The maximum atomic E-state index is 13.7. The molecule has 0 unspecified atom stereocenters. The fourth-order valence-electron chi connectivity index (χ4n) is 2.93. The molecule has 30 heavy (non-hydrogen) atoms. The van der Waals surface area contributed by atoms with Gasteiger partial charge in [-0.1, -0.05) is 55.5 Å². The smallest absolute Gasteiger partial charge is 0.326 e. The Kier molecular flexibility index (Phi) is 8.87. The molecule has 162 valence electrons. The van der Waals surface area contributed by atoms with Crippen molar-refractivity contribution in [1.82, 2.24) is 5.32 Å². The quantitative estimate of drug-likeness (QED) is 0.460. The monoisotopic (exact) mass is 457 g/mol. The third-order valence-electron chi connectivity index (χ3n) is 4.42. The molecule has 0 spiro atoms. The third kappa shape index (κ3) is 6.31. The minimum atomic E-state index is -1.20. The van der Waals surface area contributed by atoms with Crippen molar-refractivity contribution >= 4 is 46.5 Å². The van der Waals surface area contributed by atoms with Crippen LogP contribution in [0.5, 0.6) is 0 Å². The molecule has 0 saturated heterocycles. The molecule has 0 heterocycles. The molecule has 0 aliphatic rings. The molecule has 0 aliphatic heterocycles. The number of hydrogen-bond donors (Lipinski definition) is 2. The van der Waals surface area contributed by atoms with Crippen molar-refractivity contribution in [2.45, 2.75) is 32.6 Å².